The number of aromatic nitrogens is 3. The van der Waals surface area contributed by atoms with Crippen molar-refractivity contribution in [1.29, 1.82) is 0 Å². The van der Waals surface area contributed by atoms with Gasteiger partial charge < -0.3 is 15.8 Å². The van der Waals surface area contributed by atoms with E-state index in [0.717, 1.165) is 59.1 Å². The number of nitrogens with zero attached hydrogens (tertiary/aromatic N) is 3. The van der Waals surface area contributed by atoms with Crippen molar-refractivity contribution >= 4 is 17.2 Å². The molecule has 7 nitrogen and oxygen atoms in total. The van der Waals surface area contributed by atoms with Gasteiger partial charge >= 0.3 is 0 Å². The van der Waals surface area contributed by atoms with Crippen LogP contribution < -0.4 is 11.1 Å². The van der Waals surface area contributed by atoms with Crippen molar-refractivity contribution in [2.75, 3.05) is 19.8 Å². The van der Waals surface area contributed by atoms with Gasteiger partial charge in [0.2, 0.25) is 5.91 Å². The second-order valence-electron chi connectivity index (χ2n) is 9.57. The Bertz CT molecular complexity index is 1080. The molecule has 0 unspecified atom stereocenters. The Hall–Kier alpha value is -2.55. The molecule has 176 valence electrons. The maximum Gasteiger partial charge on any atom is 0.226 e. The van der Waals surface area contributed by atoms with Crippen LogP contribution in [0.15, 0.2) is 35.8 Å². The molecule has 0 aliphatic carbocycles. The molecular weight excluding hydrogens is 434 g/mol. The van der Waals surface area contributed by atoms with Crippen molar-refractivity contribution in [3.63, 3.8) is 0 Å². The van der Waals surface area contributed by atoms with Crippen molar-refractivity contribution in [3.05, 3.63) is 47.1 Å². The van der Waals surface area contributed by atoms with E-state index in [1.807, 2.05) is 16.3 Å². The van der Waals surface area contributed by atoms with E-state index in [-0.39, 0.29) is 17.9 Å². The summed E-state index contributed by atoms with van der Waals surface area (Å²) in [6, 6.07) is 8.27. The third-order valence-corrected chi connectivity index (χ3v) is 6.84. The number of nitrogens with two attached hydrogens (primary N) is 1. The molecule has 3 N–H and O–H groups in total. The van der Waals surface area contributed by atoms with Gasteiger partial charge in [-0.05, 0) is 45.1 Å². The maximum atomic E-state index is 12.5. The average Bonchev–Trinajstić information content (AvgIpc) is 3.45. The normalized spacial score (nSPS) is 15.0. The topological polar surface area (TPSA) is 95.1 Å². The molecule has 2 aromatic heterocycles. The lowest BCUT2D eigenvalue weighted by molar-refractivity contribution is -0.120. The SMILES string of the molecule is CC(C)(C)n1ncc(-c2nc(CC(=O)NCC3CCOCC3)cs2)c1-c1ccc(CN)cc1. The molecule has 1 aliphatic heterocycles. The lowest BCUT2D eigenvalue weighted by atomic mass is 10.0. The summed E-state index contributed by atoms with van der Waals surface area (Å²) in [5, 5.41) is 10.6. The summed E-state index contributed by atoms with van der Waals surface area (Å²) in [7, 11) is 0. The van der Waals surface area contributed by atoms with Gasteiger partial charge in [0.25, 0.3) is 0 Å². The predicted molar refractivity (Wildman–Crippen MR) is 132 cm³/mol. The van der Waals surface area contributed by atoms with Crippen LogP contribution in [0.1, 0.15) is 44.9 Å². The van der Waals surface area contributed by atoms with Gasteiger partial charge in [0.05, 0.1) is 35.1 Å². The highest BCUT2D eigenvalue weighted by atomic mass is 32.1. The summed E-state index contributed by atoms with van der Waals surface area (Å²) in [5.74, 6) is 0.520. The number of rotatable bonds is 7. The molecule has 1 aromatic carbocycles. The highest BCUT2D eigenvalue weighted by Gasteiger charge is 2.24. The van der Waals surface area contributed by atoms with Crippen LogP contribution in [-0.4, -0.2) is 40.4 Å². The number of thiazole rings is 1. The van der Waals surface area contributed by atoms with E-state index in [1.165, 1.54) is 0 Å². The summed E-state index contributed by atoms with van der Waals surface area (Å²) >= 11 is 1.55. The molecule has 1 saturated heterocycles. The van der Waals surface area contributed by atoms with Gasteiger partial charge in [-0.25, -0.2) is 4.98 Å². The lowest BCUT2D eigenvalue weighted by Gasteiger charge is -2.23. The first-order chi connectivity index (χ1) is 15.8. The minimum absolute atomic E-state index is 0.0151. The van der Waals surface area contributed by atoms with Gasteiger partial charge in [0, 0.05) is 37.2 Å². The molecule has 0 atom stereocenters. The van der Waals surface area contributed by atoms with Crippen LogP contribution in [0.5, 0.6) is 0 Å². The van der Waals surface area contributed by atoms with Crippen LogP contribution in [0.25, 0.3) is 21.8 Å². The average molecular weight is 468 g/mol. The first-order valence-electron chi connectivity index (χ1n) is 11.5. The van der Waals surface area contributed by atoms with Crippen LogP contribution >= 0.6 is 11.3 Å². The molecule has 8 heteroatoms. The molecule has 1 amide bonds. The number of nitrogens with one attached hydrogen (secondary N) is 1. The zero-order valence-electron chi connectivity index (χ0n) is 19.6. The number of carbonyl (C=O) groups is 1. The Labute approximate surface area is 199 Å². The van der Waals surface area contributed by atoms with Gasteiger partial charge in [0.15, 0.2) is 0 Å². The van der Waals surface area contributed by atoms with Gasteiger partial charge in [-0.1, -0.05) is 24.3 Å². The number of ether oxygens (including phenoxy) is 1. The number of benzene rings is 1. The molecule has 0 saturated carbocycles. The lowest BCUT2D eigenvalue weighted by Crippen LogP contribution is -2.33. The van der Waals surface area contributed by atoms with Gasteiger partial charge in [0.1, 0.15) is 5.01 Å². The van der Waals surface area contributed by atoms with E-state index in [4.69, 9.17) is 20.6 Å². The van der Waals surface area contributed by atoms with Crippen molar-refractivity contribution < 1.29 is 9.53 Å². The number of hydrogen-bond acceptors (Lipinski definition) is 6. The van der Waals surface area contributed by atoms with Crippen LogP contribution in [0.3, 0.4) is 0 Å². The molecular formula is C25H33N5O2S. The van der Waals surface area contributed by atoms with E-state index in [1.54, 1.807) is 11.3 Å². The Kier molecular flexibility index (Phi) is 7.26. The highest BCUT2D eigenvalue weighted by Crippen LogP contribution is 2.36. The van der Waals surface area contributed by atoms with Gasteiger partial charge in [-0.15, -0.1) is 11.3 Å². The van der Waals surface area contributed by atoms with Crippen LogP contribution in [0.4, 0.5) is 0 Å². The summed E-state index contributed by atoms with van der Waals surface area (Å²) in [6.45, 7) is 9.20. The van der Waals surface area contributed by atoms with E-state index in [2.05, 4.69) is 50.4 Å². The Morgan fingerprint density at radius 2 is 1.97 bits per heavy atom. The van der Waals surface area contributed by atoms with E-state index in [9.17, 15) is 4.79 Å². The van der Waals surface area contributed by atoms with Gasteiger partial charge in [-0.2, -0.15) is 5.10 Å². The van der Waals surface area contributed by atoms with E-state index in [0.29, 0.717) is 19.0 Å². The third kappa shape index (κ3) is 5.69. The summed E-state index contributed by atoms with van der Waals surface area (Å²) in [5.41, 5.74) is 10.5. The Balaban J connectivity index is 1.53. The van der Waals surface area contributed by atoms with Gasteiger partial charge in [-0.3, -0.25) is 9.48 Å². The summed E-state index contributed by atoms with van der Waals surface area (Å²) in [6.07, 6.45) is 4.18. The number of carbonyl (C=O) groups excluding carboxylic acids is 1. The van der Waals surface area contributed by atoms with Crippen molar-refractivity contribution in [3.8, 4) is 21.8 Å². The van der Waals surface area contributed by atoms with Crippen LogP contribution in [-0.2, 0) is 28.0 Å². The molecule has 0 spiro atoms. The molecule has 0 radical (unpaired) electrons. The minimum Gasteiger partial charge on any atom is -0.381 e. The minimum atomic E-state index is -0.190. The third-order valence-electron chi connectivity index (χ3n) is 5.92. The quantitative estimate of drug-likeness (QED) is 0.548. The zero-order valence-corrected chi connectivity index (χ0v) is 20.5. The van der Waals surface area contributed by atoms with Crippen LogP contribution in [0, 0.1) is 5.92 Å². The number of amides is 1. The molecule has 3 heterocycles. The van der Waals surface area contributed by atoms with Crippen molar-refractivity contribution in [1.82, 2.24) is 20.1 Å². The second kappa shape index (κ2) is 10.2. The fourth-order valence-corrected chi connectivity index (χ4v) is 4.87. The molecule has 1 aliphatic rings. The first-order valence-corrected chi connectivity index (χ1v) is 12.4. The largest absolute Gasteiger partial charge is 0.381 e. The molecule has 4 rings (SSSR count). The molecule has 3 aromatic rings. The fourth-order valence-electron chi connectivity index (χ4n) is 4.04. The smallest absolute Gasteiger partial charge is 0.226 e. The Morgan fingerprint density at radius 1 is 1.24 bits per heavy atom. The fraction of sp³-hybridized carbons (Fsp3) is 0.480. The van der Waals surface area contributed by atoms with Crippen molar-refractivity contribution in [2.45, 2.75) is 52.1 Å². The zero-order chi connectivity index (χ0) is 23.4. The van der Waals surface area contributed by atoms with Crippen molar-refractivity contribution in [2.24, 2.45) is 11.7 Å². The second-order valence-corrected chi connectivity index (χ2v) is 10.4. The van der Waals surface area contributed by atoms with Crippen LogP contribution in [0.2, 0.25) is 0 Å². The number of hydrogen-bond donors (Lipinski definition) is 2. The monoisotopic (exact) mass is 467 g/mol. The Morgan fingerprint density at radius 3 is 2.64 bits per heavy atom. The van der Waals surface area contributed by atoms with E-state index >= 15 is 0 Å². The highest BCUT2D eigenvalue weighted by molar-refractivity contribution is 7.13. The molecule has 33 heavy (non-hydrogen) atoms. The first kappa shape index (κ1) is 23.6. The predicted octanol–water partition coefficient (Wildman–Crippen LogP) is 3.97. The van der Waals surface area contributed by atoms with E-state index < -0.39 is 0 Å². The summed E-state index contributed by atoms with van der Waals surface area (Å²) in [4.78, 5) is 17.3. The summed E-state index contributed by atoms with van der Waals surface area (Å²) < 4.78 is 7.43. The molecule has 1 fully saturated rings. The maximum absolute atomic E-state index is 12.5. The standard InChI is InChI=1S/C25H33N5O2S/c1-25(2,3)30-23(19-6-4-17(13-26)5-7-19)21(15-28-30)24-29-20(16-33-24)12-22(31)27-14-18-8-10-32-11-9-18/h4-7,15-16,18H,8-14,26H2,1-3H3,(H,27,31). The molecule has 0 bridgehead atoms.